The standard InChI is InChI=1S/C17H15F3N6O/c1-7-10(6-23-26-7)13-2-8-3-14(22-5-11(8)15(21)24-13)25-16(27)9-4-12(9)17(18,19)20/h2-3,5-6,9,12H,4H2,1H3,(H2,21,24)(H,23,26)(H,22,25,27). The molecular weight excluding hydrogens is 361 g/mol. The van der Waals surface area contributed by atoms with E-state index in [4.69, 9.17) is 5.73 Å². The molecule has 1 aliphatic carbocycles. The number of carbonyl (C=O) groups is 1. The molecule has 1 aliphatic rings. The lowest BCUT2D eigenvalue weighted by molar-refractivity contribution is -0.153. The second kappa shape index (κ2) is 5.93. The van der Waals surface area contributed by atoms with E-state index in [9.17, 15) is 18.0 Å². The first-order chi connectivity index (χ1) is 12.7. The molecule has 1 amide bonds. The number of nitrogens with zero attached hydrogens (tertiary/aromatic N) is 3. The topological polar surface area (TPSA) is 110 Å². The van der Waals surface area contributed by atoms with Gasteiger partial charge in [-0.05, 0) is 30.9 Å². The second-order valence-electron chi connectivity index (χ2n) is 6.57. The highest BCUT2D eigenvalue weighted by molar-refractivity contribution is 5.98. The predicted molar refractivity (Wildman–Crippen MR) is 92.6 cm³/mol. The normalized spacial score (nSPS) is 19.3. The van der Waals surface area contributed by atoms with Crippen molar-refractivity contribution in [3.8, 4) is 11.3 Å². The molecule has 3 aromatic heterocycles. The van der Waals surface area contributed by atoms with Crippen molar-refractivity contribution < 1.29 is 18.0 Å². The van der Waals surface area contributed by atoms with Gasteiger partial charge in [-0.3, -0.25) is 9.89 Å². The molecule has 0 aliphatic heterocycles. The van der Waals surface area contributed by atoms with Crippen LogP contribution in [0.2, 0.25) is 0 Å². The van der Waals surface area contributed by atoms with Gasteiger partial charge in [0, 0.05) is 22.8 Å². The van der Waals surface area contributed by atoms with Crippen LogP contribution in [0.1, 0.15) is 12.1 Å². The van der Waals surface area contributed by atoms with E-state index < -0.39 is 23.9 Å². The van der Waals surface area contributed by atoms with Crippen molar-refractivity contribution in [2.24, 2.45) is 11.8 Å². The van der Waals surface area contributed by atoms with E-state index in [-0.39, 0.29) is 18.1 Å². The molecule has 0 bridgehead atoms. The smallest absolute Gasteiger partial charge is 0.383 e. The number of fused-ring (bicyclic) bond motifs is 1. The highest BCUT2D eigenvalue weighted by atomic mass is 19.4. The Kier molecular flexibility index (Phi) is 3.79. The predicted octanol–water partition coefficient (Wildman–Crippen LogP) is 3.05. The van der Waals surface area contributed by atoms with E-state index in [1.54, 1.807) is 18.3 Å². The van der Waals surface area contributed by atoms with E-state index in [1.165, 1.54) is 6.20 Å². The Morgan fingerprint density at radius 2 is 2.11 bits per heavy atom. The van der Waals surface area contributed by atoms with Crippen LogP contribution in [0.25, 0.3) is 22.0 Å². The lowest BCUT2D eigenvalue weighted by Crippen LogP contribution is -2.20. The average molecular weight is 376 g/mol. The van der Waals surface area contributed by atoms with Gasteiger partial charge in [0.2, 0.25) is 5.91 Å². The Labute approximate surface area is 151 Å². The first-order valence-electron chi connectivity index (χ1n) is 8.18. The number of aromatic amines is 1. The van der Waals surface area contributed by atoms with Gasteiger partial charge in [0.15, 0.2) is 0 Å². The van der Waals surface area contributed by atoms with Crippen molar-refractivity contribution in [1.29, 1.82) is 0 Å². The highest BCUT2D eigenvalue weighted by Gasteiger charge is 2.58. The molecule has 27 heavy (non-hydrogen) atoms. The fourth-order valence-corrected chi connectivity index (χ4v) is 3.05. The zero-order valence-corrected chi connectivity index (χ0v) is 14.1. The molecule has 140 valence electrons. The fraction of sp³-hybridized carbons (Fsp3) is 0.294. The number of hydrogen-bond acceptors (Lipinski definition) is 5. The minimum absolute atomic E-state index is 0.167. The summed E-state index contributed by atoms with van der Waals surface area (Å²) in [6.45, 7) is 1.84. The maximum atomic E-state index is 12.6. The van der Waals surface area contributed by atoms with Crippen molar-refractivity contribution in [2.75, 3.05) is 11.1 Å². The average Bonchev–Trinajstić information content (AvgIpc) is 3.30. The molecule has 1 fully saturated rings. The van der Waals surface area contributed by atoms with Gasteiger partial charge in [-0.15, -0.1) is 0 Å². The second-order valence-corrected chi connectivity index (χ2v) is 6.57. The maximum Gasteiger partial charge on any atom is 0.392 e. The van der Waals surface area contributed by atoms with E-state index in [2.05, 4.69) is 25.5 Å². The summed E-state index contributed by atoms with van der Waals surface area (Å²) < 4.78 is 37.9. The Hall–Kier alpha value is -3.17. The first-order valence-corrected chi connectivity index (χ1v) is 8.18. The van der Waals surface area contributed by atoms with Crippen molar-refractivity contribution in [3.63, 3.8) is 0 Å². The molecule has 2 atom stereocenters. The van der Waals surface area contributed by atoms with Gasteiger partial charge >= 0.3 is 6.18 Å². The summed E-state index contributed by atoms with van der Waals surface area (Å²) in [7, 11) is 0. The number of anilines is 2. The maximum absolute atomic E-state index is 12.6. The number of rotatable bonds is 3. The summed E-state index contributed by atoms with van der Waals surface area (Å²) in [6, 6.07) is 3.33. The van der Waals surface area contributed by atoms with Gasteiger partial charge in [0.1, 0.15) is 11.6 Å². The number of nitrogen functional groups attached to an aromatic ring is 1. The van der Waals surface area contributed by atoms with Crippen LogP contribution in [0.15, 0.2) is 24.5 Å². The third kappa shape index (κ3) is 3.18. The number of nitrogens with two attached hydrogens (primary N) is 1. The zero-order valence-electron chi connectivity index (χ0n) is 14.1. The Morgan fingerprint density at radius 3 is 2.74 bits per heavy atom. The number of aryl methyl sites for hydroxylation is 1. The molecule has 3 aromatic rings. The van der Waals surface area contributed by atoms with Crippen LogP contribution in [0, 0.1) is 18.8 Å². The van der Waals surface area contributed by atoms with Crippen LogP contribution in [0.3, 0.4) is 0 Å². The number of alkyl halides is 3. The highest BCUT2D eigenvalue weighted by Crippen LogP contribution is 2.50. The molecular formula is C17H15F3N6O. The van der Waals surface area contributed by atoms with Crippen molar-refractivity contribution in [2.45, 2.75) is 19.5 Å². The van der Waals surface area contributed by atoms with E-state index in [0.717, 1.165) is 11.3 Å². The molecule has 3 heterocycles. The number of nitrogens with one attached hydrogen (secondary N) is 2. The van der Waals surface area contributed by atoms with Gasteiger partial charge in [-0.2, -0.15) is 18.3 Å². The van der Waals surface area contributed by atoms with E-state index in [0.29, 0.717) is 16.5 Å². The largest absolute Gasteiger partial charge is 0.392 e. The minimum Gasteiger partial charge on any atom is -0.383 e. The van der Waals surface area contributed by atoms with Gasteiger partial charge in [0.25, 0.3) is 0 Å². The summed E-state index contributed by atoms with van der Waals surface area (Å²) >= 11 is 0. The van der Waals surface area contributed by atoms with Crippen LogP contribution < -0.4 is 11.1 Å². The molecule has 0 spiro atoms. The Balaban J connectivity index is 1.62. The first kappa shape index (κ1) is 17.3. The molecule has 0 aromatic carbocycles. The number of aromatic nitrogens is 4. The molecule has 2 unspecified atom stereocenters. The summed E-state index contributed by atoms with van der Waals surface area (Å²) in [6.07, 6.45) is -1.48. The Morgan fingerprint density at radius 1 is 1.33 bits per heavy atom. The van der Waals surface area contributed by atoms with Crippen molar-refractivity contribution >= 4 is 28.3 Å². The van der Waals surface area contributed by atoms with Gasteiger partial charge < -0.3 is 11.1 Å². The van der Waals surface area contributed by atoms with E-state index in [1.807, 2.05) is 6.92 Å². The van der Waals surface area contributed by atoms with Gasteiger partial charge in [-0.1, -0.05) is 0 Å². The summed E-state index contributed by atoms with van der Waals surface area (Å²) in [5.41, 5.74) is 8.18. The lowest BCUT2D eigenvalue weighted by atomic mass is 10.1. The molecule has 4 N–H and O–H groups in total. The quantitative estimate of drug-likeness (QED) is 0.651. The molecule has 1 saturated carbocycles. The van der Waals surface area contributed by atoms with Crippen LogP contribution >= 0.6 is 0 Å². The van der Waals surface area contributed by atoms with Crippen molar-refractivity contribution in [3.05, 3.63) is 30.2 Å². The number of hydrogen-bond donors (Lipinski definition) is 3. The molecule has 0 saturated heterocycles. The van der Waals surface area contributed by atoms with Gasteiger partial charge in [-0.25, -0.2) is 9.97 Å². The summed E-state index contributed by atoms with van der Waals surface area (Å²) in [5, 5.41) is 10.5. The zero-order chi connectivity index (χ0) is 19.3. The van der Waals surface area contributed by atoms with Crippen molar-refractivity contribution in [1.82, 2.24) is 20.2 Å². The van der Waals surface area contributed by atoms with Crippen LogP contribution in [0.4, 0.5) is 24.8 Å². The van der Waals surface area contributed by atoms with Crippen LogP contribution in [0.5, 0.6) is 0 Å². The monoisotopic (exact) mass is 376 g/mol. The third-order valence-electron chi connectivity index (χ3n) is 4.65. The van der Waals surface area contributed by atoms with E-state index >= 15 is 0 Å². The molecule has 0 radical (unpaired) electrons. The summed E-state index contributed by atoms with van der Waals surface area (Å²) in [5.74, 6) is -2.90. The number of halogens is 3. The third-order valence-corrected chi connectivity index (χ3v) is 4.65. The van der Waals surface area contributed by atoms with Crippen LogP contribution in [-0.2, 0) is 4.79 Å². The number of carbonyl (C=O) groups excluding carboxylic acids is 1. The number of H-pyrrole nitrogens is 1. The minimum atomic E-state index is -4.35. The van der Waals surface area contributed by atoms with Gasteiger partial charge in [0.05, 0.1) is 23.7 Å². The molecule has 4 rings (SSSR count). The molecule has 10 heteroatoms. The summed E-state index contributed by atoms with van der Waals surface area (Å²) in [4.78, 5) is 20.4. The number of pyridine rings is 2. The Bertz CT molecular complexity index is 1040. The lowest BCUT2D eigenvalue weighted by Gasteiger charge is -2.09. The SMILES string of the molecule is Cc1[nH]ncc1-c1cc2cc(NC(=O)C3CC3C(F)(F)F)ncc2c(N)n1. The molecule has 7 nitrogen and oxygen atoms in total. The number of amides is 1. The van der Waals surface area contributed by atoms with Crippen LogP contribution in [-0.4, -0.2) is 32.2 Å². The fourth-order valence-electron chi connectivity index (χ4n) is 3.05.